The largest absolute Gasteiger partial charge is 0.479 e. The third-order valence-electron chi connectivity index (χ3n) is 12.7. The summed E-state index contributed by atoms with van der Waals surface area (Å²) in [4.78, 5) is 65.8. The number of carboxylic acids is 1. The summed E-state index contributed by atoms with van der Waals surface area (Å²) >= 11 is 0. The standard InChI is InChI=1S/C35H46O18/c1-12(32(4,5)53-14(3)37)7-19(38)52-25-27-34-11-48-35(27,31(46)47)28(44)24(43)26(34)33(6)9-16(20(39)13(2)15(33)8-18(34)51-29(25)45)49-30-23(42)22(41)21(40)17(10-36)50-30/h7,9,13,15,17-18,21-28,30,36,40-44H,8,10-11H2,1-6H3,(H,46,47)/b12-7+/t13-,15-,17+,18+,21+,22-,23+,24+,25+,26+,27+,28-,30+,33-,34+,35?/m0/s1. The molecule has 3 aliphatic carbocycles. The molecule has 6 rings (SSSR count). The van der Waals surface area contributed by atoms with Crippen molar-refractivity contribution in [3.63, 3.8) is 0 Å². The summed E-state index contributed by atoms with van der Waals surface area (Å²) in [5, 5.41) is 75.3. The van der Waals surface area contributed by atoms with Gasteiger partial charge in [-0.05, 0) is 50.2 Å². The van der Waals surface area contributed by atoms with Crippen molar-refractivity contribution in [3.8, 4) is 0 Å². The number of carboxylic acid groups (broad SMARTS) is 1. The average molecular weight is 755 g/mol. The van der Waals surface area contributed by atoms with E-state index in [-0.39, 0.29) is 17.8 Å². The quantitative estimate of drug-likeness (QED) is 0.0791. The molecule has 53 heavy (non-hydrogen) atoms. The molecule has 3 saturated heterocycles. The first kappa shape index (κ1) is 39.2. The third kappa shape index (κ3) is 5.55. The van der Waals surface area contributed by atoms with E-state index in [1.807, 2.05) is 0 Å². The molecule has 0 radical (unpaired) electrons. The molecule has 3 aliphatic heterocycles. The van der Waals surface area contributed by atoms with E-state index < -0.39 is 144 Å². The molecular weight excluding hydrogens is 708 g/mol. The Labute approximate surface area is 303 Å². The van der Waals surface area contributed by atoms with Crippen LogP contribution in [0.1, 0.15) is 48.0 Å². The van der Waals surface area contributed by atoms with E-state index in [0.717, 1.165) is 6.08 Å². The second-order valence-corrected chi connectivity index (χ2v) is 15.8. The Hall–Kier alpha value is -3.49. The molecular formula is C35H46O18. The Morgan fingerprint density at radius 2 is 1.68 bits per heavy atom. The van der Waals surface area contributed by atoms with Crippen molar-refractivity contribution in [2.24, 2.45) is 34.5 Å². The highest BCUT2D eigenvalue weighted by Crippen LogP contribution is 2.72. The molecule has 0 aromatic rings. The minimum absolute atomic E-state index is 0.0515. The van der Waals surface area contributed by atoms with Gasteiger partial charge >= 0.3 is 23.9 Å². The van der Waals surface area contributed by atoms with Gasteiger partial charge in [-0.1, -0.05) is 13.8 Å². The molecule has 6 aliphatic rings. The van der Waals surface area contributed by atoms with Crippen LogP contribution in [0, 0.1) is 34.5 Å². The van der Waals surface area contributed by atoms with E-state index in [0.29, 0.717) is 0 Å². The summed E-state index contributed by atoms with van der Waals surface area (Å²) in [6.07, 6.45) is -13.5. The van der Waals surface area contributed by atoms with Crippen LogP contribution in [0.5, 0.6) is 0 Å². The lowest BCUT2D eigenvalue weighted by Gasteiger charge is -2.67. The predicted octanol–water partition coefficient (Wildman–Crippen LogP) is -2.14. The van der Waals surface area contributed by atoms with Gasteiger partial charge in [0.25, 0.3) is 0 Å². The summed E-state index contributed by atoms with van der Waals surface area (Å²) < 4.78 is 34.1. The Kier molecular flexibility index (Phi) is 9.67. The number of allylic oxidation sites excluding steroid dienone is 2. The molecule has 18 nitrogen and oxygen atoms in total. The number of hydrogen-bond donors (Lipinski definition) is 7. The Bertz CT molecular complexity index is 1640. The predicted molar refractivity (Wildman–Crippen MR) is 170 cm³/mol. The van der Waals surface area contributed by atoms with Crippen LogP contribution in [0.3, 0.4) is 0 Å². The van der Waals surface area contributed by atoms with Crippen molar-refractivity contribution in [3.05, 3.63) is 23.5 Å². The molecule has 294 valence electrons. The fourth-order valence-electron chi connectivity index (χ4n) is 9.98. The van der Waals surface area contributed by atoms with Crippen LogP contribution in [0.15, 0.2) is 23.5 Å². The molecule has 5 fully saturated rings. The number of aliphatic carboxylic acids is 1. The summed E-state index contributed by atoms with van der Waals surface area (Å²) in [5.41, 5.74) is -6.73. The Balaban J connectivity index is 1.44. The van der Waals surface area contributed by atoms with Crippen molar-refractivity contribution in [1.29, 1.82) is 0 Å². The monoisotopic (exact) mass is 754 g/mol. The van der Waals surface area contributed by atoms with Gasteiger partial charge in [-0.3, -0.25) is 9.59 Å². The number of fused-ring (bicyclic) bond motifs is 2. The van der Waals surface area contributed by atoms with E-state index in [2.05, 4.69) is 0 Å². The lowest BCUT2D eigenvalue weighted by molar-refractivity contribution is -0.296. The minimum atomic E-state index is -2.66. The van der Waals surface area contributed by atoms with Crippen molar-refractivity contribution >= 4 is 29.7 Å². The molecule has 16 atom stereocenters. The van der Waals surface area contributed by atoms with Crippen molar-refractivity contribution in [2.75, 3.05) is 13.2 Å². The lowest BCUT2D eigenvalue weighted by Crippen LogP contribution is -2.79. The number of ketones is 1. The average Bonchev–Trinajstić information content (AvgIpc) is 3.38. The van der Waals surface area contributed by atoms with Gasteiger partial charge in [-0.2, -0.15) is 0 Å². The van der Waals surface area contributed by atoms with Crippen LogP contribution >= 0.6 is 0 Å². The summed E-state index contributed by atoms with van der Waals surface area (Å²) in [5.74, 6) is -10.1. The van der Waals surface area contributed by atoms with Gasteiger partial charge in [0.05, 0.1) is 25.2 Å². The molecule has 0 aromatic heterocycles. The molecule has 0 aromatic carbocycles. The number of aliphatic hydroxyl groups is 6. The fourth-order valence-corrected chi connectivity index (χ4v) is 9.98. The van der Waals surface area contributed by atoms with Crippen LogP contribution in [0.2, 0.25) is 0 Å². The number of aliphatic hydroxyl groups excluding tert-OH is 6. The number of rotatable bonds is 8. The Morgan fingerprint density at radius 3 is 2.28 bits per heavy atom. The zero-order valence-corrected chi connectivity index (χ0v) is 29.9. The maximum absolute atomic E-state index is 13.8. The molecule has 1 spiro atoms. The van der Waals surface area contributed by atoms with E-state index >= 15 is 0 Å². The fraction of sp³-hybridized carbons (Fsp3) is 0.743. The zero-order chi connectivity index (χ0) is 39.3. The SMILES string of the molecule is CC(=O)OC(C)(C)/C(C)=C/C(=O)O[C@H]1C(=O)O[C@@H]2C[C@H]3[C@H](C)C(=O)C(O[C@@H]4O[C@H](CO)[C@@H](O)[C@H](O)[C@H]4O)=C[C@]3(C)[C@H]3[C@@H](O)[C@H](O)C4(C(=O)O)OC[C@]32[C@@H]14. The van der Waals surface area contributed by atoms with Crippen LogP contribution < -0.4 is 0 Å². The summed E-state index contributed by atoms with van der Waals surface area (Å²) in [6, 6.07) is 0. The van der Waals surface area contributed by atoms with Gasteiger partial charge in [-0.25, -0.2) is 14.4 Å². The van der Waals surface area contributed by atoms with Crippen LogP contribution in [-0.2, 0) is 52.4 Å². The highest BCUT2D eigenvalue weighted by molar-refractivity contribution is 5.97. The highest BCUT2D eigenvalue weighted by Gasteiger charge is 2.85. The van der Waals surface area contributed by atoms with Gasteiger partial charge in [0.15, 0.2) is 11.5 Å². The molecule has 7 N–H and O–H groups in total. The number of esters is 3. The van der Waals surface area contributed by atoms with Gasteiger partial charge < -0.3 is 64.2 Å². The molecule has 2 bridgehead atoms. The maximum atomic E-state index is 13.8. The zero-order valence-electron chi connectivity index (χ0n) is 29.9. The third-order valence-corrected chi connectivity index (χ3v) is 12.7. The van der Waals surface area contributed by atoms with Crippen molar-refractivity contribution in [1.82, 2.24) is 0 Å². The number of Topliss-reactive ketones (excluding diaryl/α,β-unsaturated/α-hetero) is 1. The van der Waals surface area contributed by atoms with Gasteiger partial charge in [0.2, 0.25) is 18.0 Å². The first-order valence-corrected chi connectivity index (χ1v) is 17.4. The molecule has 0 amide bonds. The van der Waals surface area contributed by atoms with Crippen molar-refractivity contribution < 1.29 is 88.1 Å². The minimum Gasteiger partial charge on any atom is -0.479 e. The molecule has 3 heterocycles. The molecule has 2 saturated carbocycles. The van der Waals surface area contributed by atoms with Crippen LogP contribution in [0.4, 0.5) is 0 Å². The van der Waals surface area contributed by atoms with Crippen molar-refractivity contribution in [2.45, 2.75) is 114 Å². The van der Waals surface area contributed by atoms with E-state index in [4.69, 9.17) is 28.4 Å². The topological polar surface area (TPSA) is 282 Å². The van der Waals surface area contributed by atoms with Crippen LogP contribution in [-0.4, -0.2) is 145 Å². The normalized spacial score (nSPS) is 46.3. The van der Waals surface area contributed by atoms with Gasteiger partial charge in [-0.15, -0.1) is 0 Å². The molecule has 18 heteroatoms. The second-order valence-electron chi connectivity index (χ2n) is 15.8. The van der Waals surface area contributed by atoms with E-state index in [1.54, 1.807) is 13.8 Å². The first-order valence-electron chi connectivity index (χ1n) is 17.4. The summed E-state index contributed by atoms with van der Waals surface area (Å²) in [7, 11) is 0. The van der Waals surface area contributed by atoms with Gasteiger partial charge in [0.1, 0.15) is 42.2 Å². The number of ether oxygens (including phenoxy) is 6. The highest BCUT2D eigenvalue weighted by atomic mass is 16.7. The maximum Gasteiger partial charge on any atom is 0.348 e. The van der Waals surface area contributed by atoms with Gasteiger partial charge in [0, 0.05) is 30.3 Å². The Morgan fingerprint density at radius 1 is 1.02 bits per heavy atom. The van der Waals surface area contributed by atoms with Crippen LogP contribution in [0.25, 0.3) is 0 Å². The smallest absolute Gasteiger partial charge is 0.348 e. The second kappa shape index (κ2) is 13.1. The number of carbonyl (C=O) groups is 5. The number of carbonyl (C=O) groups excluding carboxylic acids is 4. The van der Waals surface area contributed by atoms with E-state index in [9.17, 15) is 59.7 Å². The summed E-state index contributed by atoms with van der Waals surface area (Å²) in [6.45, 7) is 7.65. The van der Waals surface area contributed by atoms with E-state index in [1.165, 1.54) is 33.8 Å². The lowest BCUT2D eigenvalue weighted by atomic mass is 9.38. The first-order chi connectivity index (χ1) is 24.6. The molecule has 1 unspecified atom stereocenters. The number of hydrogen-bond acceptors (Lipinski definition) is 17.